The number of thiocarbonyl (C=S) groups is 1. The number of aryl methyl sites for hydroxylation is 1. The van der Waals surface area contributed by atoms with Gasteiger partial charge in [0.05, 0.1) is 18.1 Å². The van der Waals surface area contributed by atoms with Crippen molar-refractivity contribution in [1.82, 2.24) is 4.90 Å². The molecule has 1 aliphatic heterocycles. The maximum absolute atomic E-state index is 12.4. The van der Waals surface area contributed by atoms with Crippen molar-refractivity contribution < 1.29 is 14.3 Å². The molecule has 0 radical (unpaired) electrons. The summed E-state index contributed by atoms with van der Waals surface area (Å²) in [6.45, 7) is 5.66. The van der Waals surface area contributed by atoms with Crippen LogP contribution in [0.3, 0.4) is 0 Å². The summed E-state index contributed by atoms with van der Waals surface area (Å²) in [5, 5.41) is 0. The number of carbonyl (C=O) groups is 1. The minimum atomic E-state index is -0.0427. The van der Waals surface area contributed by atoms with Gasteiger partial charge in [-0.05, 0) is 37.6 Å². The fraction of sp³-hybridized carbons (Fsp3) is 0.273. The Kier molecular flexibility index (Phi) is 7.12. The summed E-state index contributed by atoms with van der Waals surface area (Å²) in [7, 11) is 0. The fourth-order valence-corrected chi connectivity index (χ4v) is 4.16. The van der Waals surface area contributed by atoms with Gasteiger partial charge in [0.25, 0.3) is 5.91 Å². The van der Waals surface area contributed by atoms with Crippen LogP contribution in [0.15, 0.2) is 53.4 Å². The van der Waals surface area contributed by atoms with Gasteiger partial charge in [-0.15, -0.1) is 0 Å². The Labute approximate surface area is 175 Å². The van der Waals surface area contributed by atoms with Crippen molar-refractivity contribution >= 4 is 40.3 Å². The van der Waals surface area contributed by atoms with Crippen molar-refractivity contribution in [3.05, 3.63) is 64.6 Å². The Morgan fingerprint density at radius 2 is 1.68 bits per heavy atom. The maximum atomic E-state index is 12.4. The first-order chi connectivity index (χ1) is 13.6. The van der Waals surface area contributed by atoms with E-state index in [2.05, 4.69) is 0 Å². The largest absolute Gasteiger partial charge is 0.493 e. The molecule has 2 aromatic rings. The summed E-state index contributed by atoms with van der Waals surface area (Å²) in [5.74, 6) is 1.61. The van der Waals surface area contributed by atoms with E-state index in [-0.39, 0.29) is 5.91 Å². The average molecular weight is 414 g/mol. The number of likely N-dealkylation sites (N-methyl/N-ethyl adjacent to an activating group) is 1. The lowest BCUT2D eigenvalue weighted by molar-refractivity contribution is -0.121. The molecule has 0 bridgehead atoms. The van der Waals surface area contributed by atoms with Crippen molar-refractivity contribution in [2.45, 2.75) is 20.3 Å². The van der Waals surface area contributed by atoms with Crippen molar-refractivity contribution in [3.8, 4) is 11.5 Å². The molecule has 6 heteroatoms. The third-order valence-electron chi connectivity index (χ3n) is 4.29. The van der Waals surface area contributed by atoms with Gasteiger partial charge in [0, 0.05) is 18.5 Å². The van der Waals surface area contributed by atoms with E-state index >= 15 is 0 Å². The molecule has 0 aliphatic carbocycles. The molecule has 4 nitrogen and oxygen atoms in total. The lowest BCUT2D eigenvalue weighted by Crippen LogP contribution is -2.27. The molecule has 146 valence electrons. The zero-order chi connectivity index (χ0) is 19.9. The van der Waals surface area contributed by atoms with Gasteiger partial charge in [0.2, 0.25) is 0 Å². The van der Waals surface area contributed by atoms with Crippen LogP contribution < -0.4 is 9.47 Å². The zero-order valence-corrected chi connectivity index (χ0v) is 17.6. The fourth-order valence-electron chi connectivity index (χ4n) is 2.79. The van der Waals surface area contributed by atoms with Crippen LogP contribution in [-0.4, -0.2) is 34.9 Å². The van der Waals surface area contributed by atoms with Gasteiger partial charge in [0.1, 0.15) is 15.8 Å². The van der Waals surface area contributed by atoms with Gasteiger partial charge in [-0.2, -0.15) is 0 Å². The second kappa shape index (κ2) is 9.75. The van der Waals surface area contributed by atoms with Crippen LogP contribution in [0.5, 0.6) is 11.5 Å². The van der Waals surface area contributed by atoms with Crippen LogP contribution in [0.25, 0.3) is 6.08 Å². The molecule has 1 heterocycles. The molecule has 1 amide bonds. The number of hydrogen-bond donors (Lipinski definition) is 0. The van der Waals surface area contributed by atoms with Crippen LogP contribution >= 0.6 is 24.0 Å². The Bertz CT molecular complexity index is 895. The maximum Gasteiger partial charge on any atom is 0.266 e. The predicted molar refractivity (Wildman–Crippen MR) is 119 cm³/mol. The minimum Gasteiger partial charge on any atom is -0.493 e. The molecular formula is C22H23NO3S2. The average Bonchev–Trinajstić information content (AvgIpc) is 2.96. The monoisotopic (exact) mass is 413 g/mol. The highest BCUT2D eigenvalue weighted by atomic mass is 32.2. The summed E-state index contributed by atoms with van der Waals surface area (Å²) in [4.78, 5) is 14.7. The molecular weight excluding hydrogens is 390 g/mol. The van der Waals surface area contributed by atoms with E-state index in [4.69, 9.17) is 21.7 Å². The van der Waals surface area contributed by atoms with Crippen LogP contribution in [0, 0.1) is 6.92 Å². The molecule has 1 aliphatic rings. The van der Waals surface area contributed by atoms with Gasteiger partial charge >= 0.3 is 0 Å². The van der Waals surface area contributed by atoms with E-state index in [1.165, 1.54) is 11.8 Å². The molecule has 3 rings (SSSR count). The molecule has 0 saturated carbocycles. The number of nitrogens with zero attached hydrogens (tertiary/aromatic N) is 1. The number of benzene rings is 2. The van der Waals surface area contributed by atoms with Crippen molar-refractivity contribution in [1.29, 1.82) is 0 Å². The number of para-hydroxylation sites is 2. The predicted octanol–water partition coefficient (Wildman–Crippen LogP) is 5.06. The Morgan fingerprint density at radius 3 is 2.36 bits per heavy atom. The number of thioether (sulfide) groups is 1. The van der Waals surface area contributed by atoms with Gasteiger partial charge in [-0.25, -0.2) is 0 Å². The highest BCUT2D eigenvalue weighted by molar-refractivity contribution is 8.26. The molecule has 0 aromatic heterocycles. The number of amides is 1. The van der Waals surface area contributed by atoms with Crippen molar-refractivity contribution in [2.24, 2.45) is 0 Å². The second-order valence-electron chi connectivity index (χ2n) is 6.28. The summed E-state index contributed by atoms with van der Waals surface area (Å²) < 4.78 is 12.3. The molecule has 0 atom stereocenters. The lowest BCUT2D eigenvalue weighted by Gasteiger charge is -2.11. The van der Waals surface area contributed by atoms with E-state index in [0.717, 1.165) is 29.0 Å². The summed E-state index contributed by atoms with van der Waals surface area (Å²) in [6, 6.07) is 15.7. The van der Waals surface area contributed by atoms with Gasteiger partial charge in [-0.1, -0.05) is 60.4 Å². The van der Waals surface area contributed by atoms with E-state index in [0.29, 0.717) is 29.0 Å². The van der Waals surface area contributed by atoms with E-state index in [1.54, 1.807) is 4.90 Å². The Hall–Kier alpha value is -2.31. The smallest absolute Gasteiger partial charge is 0.266 e. The highest BCUT2D eigenvalue weighted by Crippen LogP contribution is 2.34. The first-order valence-corrected chi connectivity index (χ1v) is 10.5. The highest BCUT2D eigenvalue weighted by Gasteiger charge is 2.30. The van der Waals surface area contributed by atoms with E-state index in [9.17, 15) is 4.79 Å². The second-order valence-corrected chi connectivity index (χ2v) is 7.96. The lowest BCUT2D eigenvalue weighted by atomic mass is 10.2. The third-order valence-corrected chi connectivity index (χ3v) is 5.67. The Morgan fingerprint density at radius 1 is 1.04 bits per heavy atom. The third kappa shape index (κ3) is 4.94. The van der Waals surface area contributed by atoms with Crippen LogP contribution in [-0.2, 0) is 4.79 Å². The summed E-state index contributed by atoms with van der Waals surface area (Å²) >= 11 is 6.61. The van der Waals surface area contributed by atoms with E-state index in [1.807, 2.05) is 68.5 Å². The molecule has 0 unspecified atom stereocenters. The minimum absolute atomic E-state index is 0.0427. The molecule has 0 spiro atoms. The zero-order valence-electron chi connectivity index (χ0n) is 16.0. The van der Waals surface area contributed by atoms with Crippen LogP contribution in [0.4, 0.5) is 0 Å². The van der Waals surface area contributed by atoms with Crippen LogP contribution in [0.2, 0.25) is 0 Å². The standard InChI is InChI=1S/C22H23NO3S2/c1-3-23-21(24)20(28-22(23)27)15-17-10-5-7-12-19(17)26-14-8-13-25-18-11-6-4-9-16(18)2/h4-7,9-12,15H,3,8,13-14H2,1-2H3/b20-15-. The SMILES string of the molecule is CCN1C(=O)/C(=C/c2ccccc2OCCCOc2ccccc2C)SC1=S. The van der Waals surface area contributed by atoms with E-state index < -0.39 is 0 Å². The number of hydrogen-bond acceptors (Lipinski definition) is 5. The molecule has 0 N–H and O–H groups in total. The van der Waals surface area contributed by atoms with Crippen molar-refractivity contribution in [3.63, 3.8) is 0 Å². The van der Waals surface area contributed by atoms with Crippen LogP contribution in [0.1, 0.15) is 24.5 Å². The molecule has 2 aromatic carbocycles. The van der Waals surface area contributed by atoms with Gasteiger partial charge in [0.15, 0.2) is 0 Å². The molecule has 1 saturated heterocycles. The van der Waals surface area contributed by atoms with Gasteiger partial charge < -0.3 is 9.47 Å². The first kappa shape index (κ1) is 20.4. The molecule has 1 fully saturated rings. The first-order valence-electron chi connectivity index (χ1n) is 9.25. The normalized spacial score (nSPS) is 15.4. The van der Waals surface area contributed by atoms with Crippen molar-refractivity contribution in [2.75, 3.05) is 19.8 Å². The topological polar surface area (TPSA) is 38.8 Å². The number of rotatable bonds is 8. The Balaban J connectivity index is 1.57. The molecule has 28 heavy (non-hydrogen) atoms. The number of ether oxygens (including phenoxy) is 2. The quantitative estimate of drug-likeness (QED) is 0.343. The summed E-state index contributed by atoms with van der Waals surface area (Å²) in [5.41, 5.74) is 2.00. The number of carbonyl (C=O) groups excluding carboxylic acids is 1. The summed E-state index contributed by atoms with van der Waals surface area (Å²) in [6.07, 6.45) is 2.62. The van der Waals surface area contributed by atoms with Gasteiger partial charge in [-0.3, -0.25) is 9.69 Å².